The quantitative estimate of drug-likeness (QED) is 0.773. The Morgan fingerprint density at radius 2 is 1.95 bits per heavy atom. The number of likely N-dealkylation sites (tertiary alicyclic amines) is 1. The van der Waals surface area contributed by atoms with E-state index in [1.165, 1.54) is 54.9 Å². The van der Waals surface area contributed by atoms with Crippen LogP contribution in [-0.2, 0) is 0 Å². The van der Waals surface area contributed by atoms with Gasteiger partial charge in [-0.05, 0) is 57.0 Å². The summed E-state index contributed by atoms with van der Waals surface area (Å²) in [5.74, 6) is 0.707. The highest BCUT2D eigenvalue weighted by Gasteiger charge is 2.36. The first-order valence-electron chi connectivity index (χ1n) is 7.59. The van der Waals surface area contributed by atoms with Crippen LogP contribution in [0.3, 0.4) is 0 Å². The molecule has 1 saturated heterocycles. The minimum absolute atomic E-state index is 0.707. The number of fused-ring (bicyclic) bond motifs is 1. The smallest absolute Gasteiger partial charge is 0.0970 e. The minimum Gasteiger partial charge on any atom is -0.300 e. The summed E-state index contributed by atoms with van der Waals surface area (Å²) in [6.07, 6.45) is 6.87. The van der Waals surface area contributed by atoms with Crippen LogP contribution < -0.4 is 0 Å². The average molecular weight is 351 g/mol. The minimum atomic E-state index is 0.707. The van der Waals surface area contributed by atoms with E-state index < -0.39 is 0 Å². The highest BCUT2D eigenvalue weighted by molar-refractivity contribution is 9.10. The Bertz CT molecular complexity index is 612. The summed E-state index contributed by atoms with van der Waals surface area (Å²) in [4.78, 5) is 7.55. The highest BCUT2D eigenvalue weighted by Crippen LogP contribution is 2.43. The van der Waals surface area contributed by atoms with Crippen LogP contribution in [0, 0.1) is 0 Å². The zero-order valence-corrected chi connectivity index (χ0v) is 13.9. The van der Waals surface area contributed by atoms with Gasteiger partial charge in [0.2, 0.25) is 0 Å². The Labute approximate surface area is 132 Å². The molecular weight excluding hydrogens is 332 g/mol. The molecule has 0 spiro atoms. The maximum absolute atomic E-state index is 4.83. The summed E-state index contributed by atoms with van der Waals surface area (Å²) < 4.78 is 2.47. The topological polar surface area (TPSA) is 16.1 Å². The second-order valence-corrected chi connectivity index (χ2v) is 8.06. The second kappa shape index (κ2) is 5.39. The fourth-order valence-electron chi connectivity index (χ4n) is 3.46. The van der Waals surface area contributed by atoms with Gasteiger partial charge in [0, 0.05) is 16.4 Å². The number of hydrogen-bond donors (Lipinski definition) is 0. The number of aromatic nitrogens is 1. The number of rotatable bonds is 2. The molecule has 0 bridgehead atoms. The Balaban J connectivity index is 1.46. The molecular formula is C16H19BrN2S. The molecule has 4 rings (SSSR count). The monoisotopic (exact) mass is 350 g/mol. The molecule has 0 radical (unpaired) electrons. The fourth-order valence-corrected chi connectivity index (χ4v) is 5.11. The van der Waals surface area contributed by atoms with Gasteiger partial charge in [-0.15, -0.1) is 11.3 Å². The molecule has 1 aromatic heterocycles. The molecule has 2 heterocycles. The molecule has 1 aliphatic heterocycles. The van der Waals surface area contributed by atoms with Crippen LogP contribution in [-0.4, -0.2) is 29.0 Å². The van der Waals surface area contributed by atoms with Gasteiger partial charge in [-0.2, -0.15) is 0 Å². The number of nitrogens with zero attached hydrogens (tertiary/aromatic N) is 2. The lowest BCUT2D eigenvalue weighted by Gasteiger charge is -2.43. The third-order valence-corrected chi connectivity index (χ3v) is 6.41. The van der Waals surface area contributed by atoms with Gasteiger partial charge in [0.25, 0.3) is 0 Å². The number of thiazole rings is 1. The summed E-state index contributed by atoms with van der Waals surface area (Å²) in [5.41, 5.74) is 1.16. The molecule has 0 N–H and O–H groups in total. The van der Waals surface area contributed by atoms with Crippen LogP contribution in [0.5, 0.6) is 0 Å². The highest BCUT2D eigenvalue weighted by atomic mass is 79.9. The number of halogens is 1. The van der Waals surface area contributed by atoms with Crippen molar-refractivity contribution in [2.45, 2.75) is 44.1 Å². The molecule has 20 heavy (non-hydrogen) atoms. The molecule has 2 aromatic rings. The molecule has 2 aliphatic rings. The van der Waals surface area contributed by atoms with E-state index >= 15 is 0 Å². The van der Waals surface area contributed by atoms with E-state index in [-0.39, 0.29) is 0 Å². The predicted molar refractivity (Wildman–Crippen MR) is 88.5 cm³/mol. The molecule has 2 nitrogen and oxygen atoms in total. The lowest BCUT2D eigenvalue weighted by Crippen LogP contribution is -2.46. The van der Waals surface area contributed by atoms with Crippen molar-refractivity contribution in [3.8, 4) is 0 Å². The van der Waals surface area contributed by atoms with Crippen molar-refractivity contribution < 1.29 is 0 Å². The van der Waals surface area contributed by atoms with E-state index in [2.05, 4.69) is 39.0 Å². The standard InChI is InChI=1S/C16H19BrN2S/c17-12-4-5-14-15(10-12)20-16(18-14)11-8-13(9-11)19-6-2-1-3-7-19/h4-5,10-11,13H,1-3,6-9H2. The molecule has 2 fully saturated rings. The van der Waals surface area contributed by atoms with Crippen LogP contribution in [0.2, 0.25) is 0 Å². The number of piperidine rings is 1. The second-order valence-electron chi connectivity index (χ2n) is 6.08. The molecule has 1 saturated carbocycles. The van der Waals surface area contributed by atoms with Crippen molar-refractivity contribution in [2.75, 3.05) is 13.1 Å². The molecule has 1 aromatic carbocycles. The first-order valence-corrected chi connectivity index (χ1v) is 9.20. The predicted octanol–water partition coefficient (Wildman–Crippen LogP) is 4.79. The molecule has 4 heteroatoms. The van der Waals surface area contributed by atoms with Crippen LogP contribution in [0.15, 0.2) is 22.7 Å². The fraction of sp³-hybridized carbons (Fsp3) is 0.562. The summed E-state index contributed by atoms with van der Waals surface area (Å²) in [5, 5.41) is 1.35. The molecule has 0 amide bonds. The van der Waals surface area contributed by atoms with E-state index in [1.807, 2.05) is 11.3 Å². The van der Waals surface area contributed by atoms with Gasteiger partial charge in [-0.1, -0.05) is 22.4 Å². The van der Waals surface area contributed by atoms with Crippen molar-refractivity contribution in [2.24, 2.45) is 0 Å². The average Bonchev–Trinajstić information content (AvgIpc) is 2.80. The van der Waals surface area contributed by atoms with Crippen molar-refractivity contribution in [1.29, 1.82) is 0 Å². The summed E-state index contributed by atoms with van der Waals surface area (Å²) >= 11 is 5.43. The maximum Gasteiger partial charge on any atom is 0.0970 e. The third kappa shape index (κ3) is 2.42. The lowest BCUT2D eigenvalue weighted by atomic mass is 9.79. The summed E-state index contributed by atoms with van der Waals surface area (Å²) in [6, 6.07) is 7.24. The van der Waals surface area contributed by atoms with Gasteiger partial charge in [0.05, 0.1) is 15.2 Å². The molecule has 106 valence electrons. The van der Waals surface area contributed by atoms with Gasteiger partial charge in [-0.25, -0.2) is 4.98 Å². The van der Waals surface area contributed by atoms with Crippen molar-refractivity contribution in [3.05, 3.63) is 27.7 Å². The SMILES string of the molecule is Brc1ccc2nc(C3CC(N4CCCCC4)C3)sc2c1. The Morgan fingerprint density at radius 1 is 1.15 bits per heavy atom. The van der Waals surface area contributed by atoms with E-state index in [1.54, 1.807) is 0 Å². The van der Waals surface area contributed by atoms with Crippen LogP contribution in [0.1, 0.15) is 43.0 Å². The first kappa shape index (κ1) is 13.2. The zero-order chi connectivity index (χ0) is 13.5. The van der Waals surface area contributed by atoms with E-state index in [9.17, 15) is 0 Å². The van der Waals surface area contributed by atoms with Gasteiger partial charge < -0.3 is 4.90 Å². The number of hydrogen-bond acceptors (Lipinski definition) is 3. The third-order valence-electron chi connectivity index (χ3n) is 4.74. The summed E-state index contributed by atoms with van der Waals surface area (Å²) in [6.45, 7) is 2.65. The van der Waals surface area contributed by atoms with Crippen molar-refractivity contribution in [1.82, 2.24) is 9.88 Å². The van der Waals surface area contributed by atoms with Crippen molar-refractivity contribution >= 4 is 37.5 Å². The molecule has 0 unspecified atom stereocenters. The van der Waals surface area contributed by atoms with Crippen LogP contribution in [0.25, 0.3) is 10.2 Å². The van der Waals surface area contributed by atoms with Gasteiger partial charge in [-0.3, -0.25) is 0 Å². The van der Waals surface area contributed by atoms with Gasteiger partial charge in [0.1, 0.15) is 0 Å². The normalized spacial score (nSPS) is 27.6. The van der Waals surface area contributed by atoms with Gasteiger partial charge in [0.15, 0.2) is 0 Å². The number of benzene rings is 1. The first-order chi connectivity index (χ1) is 9.79. The largest absolute Gasteiger partial charge is 0.300 e. The molecule has 0 atom stereocenters. The van der Waals surface area contributed by atoms with E-state index in [0.717, 1.165) is 16.0 Å². The Hall–Kier alpha value is -0.450. The van der Waals surface area contributed by atoms with Crippen LogP contribution >= 0.6 is 27.3 Å². The zero-order valence-electron chi connectivity index (χ0n) is 11.5. The Morgan fingerprint density at radius 3 is 2.75 bits per heavy atom. The van der Waals surface area contributed by atoms with Gasteiger partial charge >= 0.3 is 0 Å². The summed E-state index contributed by atoms with van der Waals surface area (Å²) in [7, 11) is 0. The Kier molecular flexibility index (Phi) is 3.57. The van der Waals surface area contributed by atoms with E-state index in [4.69, 9.17) is 4.98 Å². The van der Waals surface area contributed by atoms with Crippen molar-refractivity contribution in [3.63, 3.8) is 0 Å². The lowest BCUT2D eigenvalue weighted by molar-refractivity contribution is 0.0888. The van der Waals surface area contributed by atoms with Crippen LogP contribution in [0.4, 0.5) is 0 Å². The molecule has 1 aliphatic carbocycles. The maximum atomic E-state index is 4.83. The van der Waals surface area contributed by atoms with E-state index in [0.29, 0.717) is 5.92 Å².